The first-order chi connectivity index (χ1) is 16.8. The van der Waals surface area contributed by atoms with Crippen molar-refractivity contribution in [2.45, 2.75) is 12.2 Å². The second kappa shape index (κ2) is 10.3. The summed E-state index contributed by atoms with van der Waals surface area (Å²) in [5.74, 6) is 1.10. The highest BCUT2D eigenvalue weighted by molar-refractivity contribution is 6.30. The van der Waals surface area contributed by atoms with E-state index in [1.165, 1.54) is 15.9 Å². The molecule has 3 aromatic rings. The fourth-order valence-electron chi connectivity index (χ4n) is 3.88. The molecule has 0 saturated carbocycles. The average molecular weight is 504 g/mol. The standard InChI is InChI=1S/C25H21ClF3N3O3/c26-19-4-8-21(9-5-19)35-22-10-6-20(7-11-22)32-23(15-31(24(32)34)13-12-30-16-33)17-2-1-3-18(14-17)25(27,28)29/h1-11,14,16,23H,12-13,15H2,(H,30,33)/t23-/m1/s1. The average Bonchev–Trinajstić information content (AvgIpc) is 3.17. The number of carbonyl (C=O) groups is 2. The molecular formula is C25H21ClF3N3O3. The number of amides is 3. The number of nitrogens with one attached hydrogen (secondary N) is 1. The summed E-state index contributed by atoms with van der Waals surface area (Å²) < 4.78 is 45.8. The van der Waals surface area contributed by atoms with Crippen molar-refractivity contribution in [3.05, 3.63) is 88.9 Å². The molecule has 1 aliphatic rings. The molecule has 3 amide bonds. The van der Waals surface area contributed by atoms with Gasteiger partial charge in [0.2, 0.25) is 6.41 Å². The number of hydrogen-bond acceptors (Lipinski definition) is 3. The first-order valence-corrected chi connectivity index (χ1v) is 11.1. The summed E-state index contributed by atoms with van der Waals surface area (Å²) in [6.07, 6.45) is -3.97. The maximum atomic E-state index is 13.3. The van der Waals surface area contributed by atoms with E-state index in [0.29, 0.717) is 34.2 Å². The second-order valence-electron chi connectivity index (χ2n) is 7.86. The van der Waals surface area contributed by atoms with Crippen molar-refractivity contribution in [2.75, 3.05) is 24.5 Å². The molecule has 0 aromatic heterocycles. The number of anilines is 1. The molecule has 0 unspecified atom stereocenters. The lowest BCUT2D eigenvalue weighted by Crippen LogP contribution is -2.36. The van der Waals surface area contributed by atoms with Gasteiger partial charge in [-0.2, -0.15) is 13.2 Å². The fraction of sp³-hybridized carbons (Fsp3) is 0.200. The van der Waals surface area contributed by atoms with Crippen molar-refractivity contribution in [1.29, 1.82) is 0 Å². The Morgan fingerprint density at radius 2 is 1.69 bits per heavy atom. The SMILES string of the molecule is O=CNCCN1C[C@H](c2cccc(C(F)(F)F)c2)N(c2ccc(Oc3ccc(Cl)cc3)cc2)C1=O. The second-order valence-corrected chi connectivity index (χ2v) is 8.30. The molecule has 0 bridgehead atoms. The first-order valence-electron chi connectivity index (χ1n) is 10.7. The van der Waals surface area contributed by atoms with Gasteiger partial charge in [-0.25, -0.2) is 4.79 Å². The third-order valence-corrected chi connectivity index (χ3v) is 5.81. The Bertz CT molecular complexity index is 1190. The van der Waals surface area contributed by atoms with Gasteiger partial charge >= 0.3 is 12.2 Å². The smallest absolute Gasteiger partial charge is 0.416 e. The molecule has 0 radical (unpaired) electrons. The van der Waals surface area contributed by atoms with Crippen LogP contribution in [0.1, 0.15) is 17.2 Å². The van der Waals surface area contributed by atoms with Crippen LogP contribution in [0.4, 0.5) is 23.7 Å². The van der Waals surface area contributed by atoms with Crippen LogP contribution in [-0.2, 0) is 11.0 Å². The van der Waals surface area contributed by atoms with E-state index in [9.17, 15) is 22.8 Å². The number of nitrogens with zero attached hydrogens (tertiary/aromatic N) is 2. The van der Waals surface area contributed by atoms with Crippen LogP contribution in [0.5, 0.6) is 11.5 Å². The Kier molecular flexibility index (Phi) is 7.16. The number of urea groups is 1. The monoisotopic (exact) mass is 503 g/mol. The Balaban J connectivity index is 1.62. The van der Waals surface area contributed by atoms with Gasteiger partial charge in [0.05, 0.1) is 11.6 Å². The van der Waals surface area contributed by atoms with E-state index in [1.54, 1.807) is 54.6 Å². The van der Waals surface area contributed by atoms with Gasteiger partial charge in [0.25, 0.3) is 0 Å². The fourth-order valence-corrected chi connectivity index (χ4v) is 4.01. The van der Waals surface area contributed by atoms with Crippen LogP contribution in [0.25, 0.3) is 0 Å². The van der Waals surface area contributed by atoms with E-state index in [-0.39, 0.29) is 25.7 Å². The van der Waals surface area contributed by atoms with Crippen molar-refractivity contribution in [1.82, 2.24) is 10.2 Å². The number of halogens is 4. The van der Waals surface area contributed by atoms with E-state index in [4.69, 9.17) is 16.3 Å². The van der Waals surface area contributed by atoms with E-state index >= 15 is 0 Å². The number of benzene rings is 3. The van der Waals surface area contributed by atoms with Gasteiger partial charge in [0, 0.05) is 30.3 Å². The maximum absolute atomic E-state index is 13.3. The van der Waals surface area contributed by atoms with Gasteiger partial charge in [-0.1, -0.05) is 23.7 Å². The summed E-state index contributed by atoms with van der Waals surface area (Å²) in [7, 11) is 0. The maximum Gasteiger partial charge on any atom is 0.416 e. The Hall–Kier alpha value is -3.72. The molecular weight excluding hydrogens is 483 g/mol. The highest BCUT2D eigenvalue weighted by Gasteiger charge is 2.40. The Labute approximate surface area is 204 Å². The van der Waals surface area contributed by atoms with Gasteiger partial charge in [-0.3, -0.25) is 9.69 Å². The predicted molar refractivity (Wildman–Crippen MR) is 126 cm³/mol. The Morgan fingerprint density at radius 1 is 1.03 bits per heavy atom. The van der Waals surface area contributed by atoms with Crippen molar-refractivity contribution in [3.8, 4) is 11.5 Å². The quantitative estimate of drug-likeness (QED) is 0.308. The van der Waals surface area contributed by atoms with Crippen LogP contribution < -0.4 is 15.0 Å². The van der Waals surface area contributed by atoms with Crippen molar-refractivity contribution in [3.63, 3.8) is 0 Å². The van der Waals surface area contributed by atoms with Crippen LogP contribution >= 0.6 is 11.6 Å². The summed E-state index contributed by atoms with van der Waals surface area (Å²) in [6.45, 7) is 0.622. The molecule has 1 fully saturated rings. The lowest BCUT2D eigenvalue weighted by atomic mass is 10.0. The zero-order chi connectivity index (χ0) is 25.0. The van der Waals surface area contributed by atoms with Crippen LogP contribution in [0, 0.1) is 0 Å². The minimum atomic E-state index is -4.50. The highest BCUT2D eigenvalue weighted by Crippen LogP contribution is 2.38. The zero-order valence-electron chi connectivity index (χ0n) is 18.3. The largest absolute Gasteiger partial charge is 0.457 e. The number of carbonyl (C=O) groups excluding carboxylic acids is 2. The van der Waals surface area contributed by atoms with Crippen LogP contribution in [0.2, 0.25) is 5.02 Å². The lowest BCUT2D eigenvalue weighted by molar-refractivity contribution is -0.137. The molecule has 0 spiro atoms. The molecule has 1 saturated heterocycles. The molecule has 35 heavy (non-hydrogen) atoms. The summed E-state index contributed by atoms with van der Waals surface area (Å²) in [4.78, 5) is 26.8. The summed E-state index contributed by atoms with van der Waals surface area (Å²) in [5.41, 5.74) is 0.0856. The summed E-state index contributed by atoms with van der Waals surface area (Å²) in [5, 5.41) is 3.08. The lowest BCUT2D eigenvalue weighted by Gasteiger charge is -2.24. The van der Waals surface area contributed by atoms with Crippen molar-refractivity contribution in [2.24, 2.45) is 0 Å². The predicted octanol–water partition coefficient (Wildman–Crippen LogP) is 5.88. The minimum Gasteiger partial charge on any atom is -0.457 e. The van der Waals surface area contributed by atoms with Gasteiger partial charge in [0.15, 0.2) is 0 Å². The molecule has 4 rings (SSSR count). The molecule has 3 aromatic carbocycles. The van der Waals surface area contributed by atoms with Crippen LogP contribution in [0.15, 0.2) is 72.8 Å². The summed E-state index contributed by atoms with van der Waals surface area (Å²) in [6, 6.07) is 17.5. The molecule has 182 valence electrons. The molecule has 1 atom stereocenters. The number of rotatable bonds is 8. The molecule has 6 nitrogen and oxygen atoms in total. The number of hydrogen-bond donors (Lipinski definition) is 1. The van der Waals surface area contributed by atoms with Gasteiger partial charge in [0.1, 0.15) is 11.5 Å². The minimum absolute atomic E-state index is 0.170. The molecule has 1 heterocycles. The third-order valence-electron chi connectivity index (χ3n) is 5.55. The zero-order valence-corrected chi connectivity index (χ0v) is 19.1. The topological polar surface area (TPSA) is 61.9 Å². The van der Waals surface area contributed by atoms with Crippen molar-refractivity contribution >= 4 is 29.7 Å². The van der Waals surface area contributed by atoms with E-state index < -0.39 is 17.8 Å². The van der Waals surface area contributed by atoms with Crippen molar-refractivity contribution < 1.29 is 27.5 Å². The number of ether oxygens (including phenoxy) is 1. The van der Waals surface area contributed by atoms with Gasteiger partial charge in [-0.05, 0) is 66.2 Å². The highest BCUT2D eigenvalue weighted by atomic mass is 35.5. The van der Waals surface area contributed by atoms with Crippen LogP contribution in [-0.4, -0.2) is 37.0 Å². The molecule has 1 N–H and O–H groups in total. The van der Waals surface area contributed by atoms with E-state index in [0.717, 1.165) is 12.1 Å². The molecule has 0 aliphatic carbocycles. The van der Waals surface area contributed by atoms with E-state index in [2.05, 4.69) is 5.32 Å². The van der Waals surface area contributed by atoms with Gasteiger partial charge in [-0.15, -0.1) is 0 Å². The summed E-state index contributed by atoms with van der Waals surface area (Å²) >= 11 is 5.89. The number of alkyl halides is 3. The molecule has 1 aliphatic heterocycles. The van der Waals surface area contributed by atoms with E-state index in [1.807, 2.05) is 0 Å². The van der Waals surface area contributed by atoms with Gasteiger partial charge < -0.3 is 15.0 Å². The first kappa shape index (κ1) is 24.4. The molecule has 10 heteroatoms. The normalized spacial score (nSPS) is 15.9. The van der Waals surface area contributed by atoms with Crippen LogP contribution in [0.3, 0.4) is 0 Å². The third kappa shape index (κ3) is 5.68. The Morgan fingerprint density at radius 3 is 2.31 bits per heavy atom.